The Morgan fingerprint density at radius 2 is 1.39 bits per heavy atom. The lowest BCUT2D eigenvalue weighted by molar-refractivity contribution is 0.115. The lowest BCUT2D eigenvalue weighted by atomic mass is 9.75. The van der Waals surface area contributed by atoms with E-state index >= 15 is 0 Å². The molecule has 0 saturated carbocycles. The van der Waals surface area contributed by atoms with Crippen LogP contribution in [0, 0.1) is 6.92 Å². The van der Waals surface area contributed by atoms with Gasteiger partial charge >= 0.3 is 0 Å². The third-order valence-electron chi connectivity index (χ3n) is 6.19. The van der Waals surface area contributed by atoms with Gasteiger partial charge in [0.15, 0.2) is 0 Å². The van der Waals surface area contributed by atoms with Crippen LogP contribution in [0.15, 0.2) is 24.3 Å². The van der Waals surface area contributed by atoms with Crippen molar-refractivity contribution in [3.8, 4) is 5.75 Å². The molecule has 1 aliphatic heterocycles. The normalized spacial score (nSPS) is 13.0. The van der Waals surface area contributed by atoms with Crippen molar-refractivity contribution in [2.75, 3.05) is 20.3 Å². The van der Waals surface area contributed by atoms with Gasteiger partial charge in [-0.25, -0.2) is 0 Å². The highest BCUT2D eigenvalue weighted by Gasteiger charge is 2.29. The van der Waals surface area contributed by atoms with Gasteiger partial charge in [-0.1, -0.05) is 39.8 Å². The summed E-state index contributed by atoms with van der Waals surface area (Å²) in [5.41, 5.74) is 8.55. The van der Waals surface area contributed by atoms with E-state index in [1.165, 1.54) is 33.4 Å². The zero-order valence-electron chi connectivity index (χ0n) is 20.1. The summed E-state index contributed by atoms with van der Waals surface area (Å²) in [4.78, 5) is 0. The third-order valence-corrected chi connectivity index (χ3v) is 6.19. The maximum absolute atomic E-state index is 5.90. The molecule has 0 radical (unpaired) electrons. The van der Waals surface area contributed by atoms with Crippen LogP contribution in [0.5, 0.6) is 5.75 Å². The Morgan fingerprint density at radius 1 is 0.839 bits per heavy atom. The van der Waals surface area contributed by atoms with Gasteiger partial charge in [-0.2, -0.15) is 0 Å². The van der Waals surface area contributed by atoms with Gasteiger partial charge in [-0.15, -0.1) is 0 Å². The molecule has 0 aliphatic carbocycles. The summed E-state index contributed by atoms with van der Waals surface area (Å²) in [7, 11) is 1.75. The van der Waals surface area contributed by atoms with Crippen LogP contribution in [0.2, 0.25) is 0 Å². The predicted molar refractivity (Wildman–Crippen MR) is 125 cm³/mol. The van der Waals surface area contributed by atoms with Gasteiger partial charge in [0.2, 0.25) is 0 Å². The van der Waals surface area contributed by atoms with Gasteiger partial charge in [0, 0.05) is 36.9 Å². The Bertz CT molecular complexity index is 885. The molecule has 2 aromatic carbocycles. The van der Waals surface area contributed by atoms with Crippen molar-refractivity contribution in [1.29, 1.82) is 0 Å². The van der Waals surface area contributed by atoms with Crippen LogP contribution < -0.4 is 4.74 Å². The highest BCUT2D eigenvalue weighted by atomic mass is 16.5. The summed E-state index contributed by atoms with van der Waals surface area (Å²) >= 11 is 0. The Morgan fingerprint density at radius 3 is 1.94 bits per heavy atom. The first-order valence-electron chi connectivity index (χ1n) is 11.5. The highest BCUT2D eigenvalue weighted by Crippen LogP contribution is 2.41. The number of hydrogen-bond acceptors (Lipinski definition) is 4. The standard InChI is InChI=1S/C27H38O4/c1-7-9-29-16-21-12-24(11-20(15-28-6)19(21)3)27(4,5)25-13-22(17-30-10-8-2)26-23(14-25)18-31-26/h11-14H,7-10,15-18H2,1-6H3. The minimum Gasteiger partial charge on any atom is -0.488 e. The van der Waals surface area contributed by atoms with E-state index in [0.29, 0.717) is 26.4 Å². The molecule has 0 aromatic heterocycles. The zero-order valence-corrected chi connectivity index (χ0v) is 20.1. The Kier molecular flexibility index (Phi) is 8.15. The molecule has 0 spiro atoms. The molecule has 170 valence electrons. The molecule has 1 heterocycles. The summed E-state index contributed by atoms with van der Waals surface area (Å²) in [6.07, 6.45) is 2.04. The quantitative estimate of drug-likeness (QED) is 0.378. The zero-order chi connectivity index (χ0) is 22.4. The summed E-state index contributed by atoms with van der Waals surface area (Å²) in [6, 6.07) is 9.17. The third kappa shape index (κ3) is 5.31. The molecule has 0 unspecified atom stereocenters. The average Bonchev–Trinajstić information content (AvgIpc) is 2.72. The Labute approximate surface area is 187 Å². The highest BCUT2D eigenvalue weighted by molar-refractivity contribution is 5.53. The van der Waals surface area contributed by atoms with Crippen molar-refractivity contribution in [2.24, 2.45) is 0 Å². The van der Waals surface area contributed by atoms with E-state index in [1.54, 1.807) is 7.11 Å². The Balaban J connectivity index is 1.98. The smallest absolute Gasteiger partial charge is 0.131 e. The van der Waals surface area contributed by atoms with E-state index in [9.17, 15) is 0 Å². The summed E-state index contributed by atoms with van der Waals surface area (Å²) < 4.78 is 23.0. The van der Waals surface area contributed by atoms with E-state index in [0.717, 1.165) is 37.4 Å². The van der Waals surface area contributed by atoms with Gasteiger partial charge < -0.3 is 18.9 Å². The fourth-order valence-corrected chi connectivity index (χ4v) is 4.06. The van der Waals surface area contributed by atoms with Crippen LogP contribution in [-0.4, -0.2) is 20.3 Å². The molecular weight excluding hydrogens is 388 g/mol. The molecule has 1 aliphatic rings. The van der Waals surface area contributed by atoms with Crippen molar-refractivity contribution in [3.05, 3.63) is 63.2 Å². The molecule has 4 nitrogen and oxygen atoms in total. The molecule has 2 aromatic rings. The number of benzene rings is 2. The monoisotopic (exact) mass is 426 g/mol. The van der Waals surface area contributed by atoms with Crippen LogP contribution in [0.1, 0.15) is 79.5 Å². The fourth-order valence-electron chi connectivity index (χ4n) is 4.06. The van der Waals surface area contributed by atoms with Gasteiger partial charge in [0.25, 0.3) is 0 Å². The van der Waals surface area contributed by atoms with Gasteiger partial charge in [-0.05, 0) is 59.7 Å². The van der Waals surface area contributed by atoms with Gasteiger partial charge in [0.05, 0.1) is 19.8 Å². The van der Waals surface area contributed by atoms with Crippen LogP contribution in [0.3, 0.4) is 0 Å². The first kappa shape index (κ1) is 23.8. The summed E-state index contributed by atoms with van der Waals surface area (Å²) in [5, 5.41) is 0. The molecule has 0 amide bonds. The SMILES string of the molecule is CCCOCc1cc(C(C)(C)c2cc(COCCC)c3c(c2)CO3)cc(COC)c1C. The number of rotatable bonds is 12. The molecule has 0 N–H and O–H groups in total. The lowest BCUT2D eigenvalue weighted by Gasteiger charge is -2.32. The van der Waals surface area contributed by atoms with E-state index in [4.69, 9.17) is 18.9 Å². The summed E-state index contributed by atoms with van der Waals surface area (Å²) in [5.74, 6) is 1.01. The largest absolute Gasteiger partial charge is 0.488 e. The first-order valence-corrected chi connectivity index (χ1v) is 11.5. The maximum Gasteiger partial charge on any atom is 0.131 e. The van der Waals surface area contributed by atoms with E-state index < -0.39 is 0 Å². The van der Waals surface area contributed by atoms with Crippen LogP contribution in [0.4, 0.5) is 0 Å². The number of hydrogen-bond donors (Lipinski definition) is 0. The van der Waals surface area contributed by atoms with Crippen LogP contribution >= 0.6 is 0 Å². The molecule has 0 saturated heterocycles. The van der Waals surface area contributed by atoms with Crippen molar-refractivity contribution in [2.45, 2.75) is 79.3 Å². The molecule has 31 heavy (non-hydrogen) atoms. The second-order valence-corrected chi connectivity index (χ2v) is 8.99. The fraction of sp³-hybridized carbons (Fsp3) is 0.556. The van der Waals surface area contributed by atoms with Crippen molar-refractivity contribution in [1.82, 2.24) is 0 Å². The van der Waals surface area contributed by atoms with Gasteiger partial charge in [-0.3, -0.25) is 0 Å². The average molecular weight is 427 g/mol. The number of fused-ring (bicyclic) bond motifs is 1. The topological polar surface area (TPSA) is 36.9 Å². The van der Waals surface area contributed by atoms with E-state index in [1.807, 2.05) is 0 Å². The van der Waals surface area contributed by atoms with Crippen LogP contribution in [-0.2, 0) is 46.1 Å². The molecule has 4 heteroatoms. The second-order valence-electron chi connectivity index (χ2n) is 8.99. The van der Waals surface area contributed by atoms with Gasteiger partial charge in [0.1, 0.15) is 12.4 Å². The number of methoxy groups -OCH3 is 1. The molecule has 0 bridgehead atoms. The molecular formula is C27H38O4. The summed E-state index contributed by atoms with van der Waals surface area (Å²) in [6.45, 7) is 15.1. The van der Waals surface area contributed by atoms with Crippen molar-refractivity contribution < 1.29 is 18.9 Å². The molecule has 3 rings (SSSR count). The molecule has 0 atom stereocenters. The van der Waals surface area contributed by atoms with Crippen molar-refractivity contribution >= 4 is 0 Å². The van der Waals surface area contributed by atoms with E-state index in [2.05, 4.69) is 58.9 Å². The molecule has 0 fully saturated rings. The Hall–Kier alpha value is -1.88. The maximum atomic E-state index is 5.90. The predicted octanol–water partition coefficient (Wildman–Crippen LogP) is 6.21. The lowest BCUT2D eigenvalue weighted by Crippen LogP contribution is -2.23. The first-order chi connectivity index (χ1) is 14.9. The van der Waals surface area contributed by atoms with Crippen LogP contribution in [0.25, 0.3) is 0 Å². The number of ether oxygens (including phenoxy) is 4. The second kappa shape index (κ2) is 10.6. The van der Waals surface area contributed by atoms with Crippen molar-refractivity contribution in [3.63, 3.8) is 0 Å². The minimum atomic E-state index is -0.167. The van der Waals surface area contributed by atoms with E-state index in [-0.39, 0.29) is 5.41 Å². The minimum absolute atomic E-state index is 0.167.